The zero-order chi connectivity index (χ0) is 30.7. The molecule has 0 aliphatic carbocycles. The van der Waals surface area contributed by atoms with Crippen molar-refractivity contribution in [3.05, 3.63) is 87.9 Å². The van der Waals surface area contributed by atoms with Crippen molar-refractivity contribution in [3.8, 4) is 11.5 Å². The molecule has 228 valence electrons. The number of carbonyl (C=O) groups is 2. The van der Waals surface area contributed by atoms with E-state index in [4.69, 9.17) is 21.1 Å². The number of fused-ring (bicyclic) bond motifs is 1. The Balaban J connectivity index is 1.49. The van der Waals surface area contributed by atoms with Crippen LogP contribution in [-0.4, -0.2) is 49.1 Å². The number of nitrogens with zero attached hydrogens (tertiary/aromatic N) is 2. The molecular formula is C35H42ClN3O4. The molecule has 2 heterocycles. The van der Waals surface area contributed by atoms with Crippen LogP contribution in [0.4, 0.5) is 5.69 Å². The second-order valence-electron chi connectivity index (χ2n) is 11.7. The highest BCUT2D eigenvalue weighted by atomic mass is 35.5. The lowest BCUT2D eigenvalue weighted by molar-refractivity contribution is -0.120. The molecule has 0 saturated carbocycles. The summed E-state index contributed by atoms with van der Waals surface area (Å²) in [5, 5.41) is 3.73. The Morgan fingerprint density at radius 2 is 1.79 bits per heavy atom. The third-order valence-corrected chi connectivity index (χ3v) is 8.99. The molecule has 0 aromatic heterocycles. The molecule has 2 amide bonds. The SMILES string of the molecule is CC[C@@H](C)Oc1cc2c(cc1OC)CC(=O)N(c1ccc(C(C)N3CCCC(NC(C)=O)C3)cc1)[C@H]2c1ccc(Cl)cc1. The first-order valence-electron chi connectivity index (χ1n) is 15.2. The number of anilines is 1. The van der Waals surface area contributed by atoms with Crippen LogP contribution in [0.5, 0.6) is 11.5 Å². The Morgan fingerprint density at radius 1 is 1.07 bits per heavy atom. The number of hydrogen-bond acceptors (Lipinski definition) is 5. The average Bonchev–Trinajstić information content (AvgIpc) is 3.00. The van der Waals surface area contributed by atoms with Gasteiger partial charge < -0.3 is 19.7 Å². The van der Waals surface area contributed by atoms with Gasteiger partial charge in [0.2, 0.25) is 11.8 Å². The molecule has 0 bridgehead atoms. The van der Waals surface area contributed by atoms with E-state index >= 15 is 0 Å². The molecule has 0 radical (unpaired) electrons. The van der Waals surface area contributed by atoms with Gasteiger partial charge in [0.1, 0.15) is 0 Å². The van der Waals surface area contributed by atoms with Crippen LogP contribution >= 0.6 is 11.6 Å². The van der Waals surface area contributed by atoms with Crippen molar-refractivity contribution in [3.63, 3.8) is 0 Å². The Bertz CT molecular complexity index is 1440. The van der Waals surface area contributed by atoms with Gasteiger partial charge in [-0.25, -0.2) is 0 Å². The zero-order valence-electron chi connectivity index (χ0n) is 25.7. The van der Waals surface area contributed by atoms with Crippen molar-refractivity contribution in [2.75, 3.05) is 25.1 Å². The molecule has 2 aliphatic heterocycles. The predicted octanol–water partition coefficient (Wildman–Crippen LogP) is 6.87. The molecule has 3 aromatic carbocycles. The van der Waals surface area contributed by atoms with Gasteiger partial charge in [0.05, 0.1) is 25.7 Å². The third kappa shape index (κ3) is 6.84. The van der Waals surface area contributed by atoms with E-state index in [1.807, 2.05) is 60.4 Å². The zero-order valence-corrected chi connectivity index (χ0v) is 26.5. The van der Waals surface area contributed by atoms with Crippen LogP contribution in [0.2, 0.25) is 5.02 Å². The van der Waals surface area contributed by atoms with Crippen LogP contribution < -0.4 is 19.7 Å². The lowest BCUT2D eigenvalue weighted by Crippen LogP contribution is -2.47. The van der Waals surface area contributed by atoms with Gasteiger partial charge in [0.15, 0.2) is 11.5 Å². The predicted molar refractivity (Wildman–Crippen MR) is 171 cm³/mol. The fraction of sp³-hybridized carbons (Fsp3) is 0.429. The minimum atomic E-state index is -0.359. The number of ether oxygens (including phenoxy) is 2. The maximum absolute atomic E-state index is 13.9. The summed E-state index contributed by atoms with van der Waals surface area (Å²) >= 11 is 6.27. The molecule has 1 N–H and O–H groups in total. The Morgan fingerprint density at radius 3 is 2.44 bits per heavy atom. The molecule has 5 rings (SSSR count). The maximum Gasteiger partial charge on any atom is 0.232 e. The first-order chi connectivity index (χ1) is 20.7. The Labute approximate surface area is 260 Å². The molecular weight excluding hydrogens is 562 g/mol. The van der Waals surface area contributed by atoms with E-state index in [1.165, 1.54) is 5.56 Å². The van der Waals surface area contributed by atoms with Crippen molar-refractivity contribution < 1.29 is 19.1 Å². The van der Waals surface area contributed by atoms with Crippen molar-refractivity contribution in [1.82, 2.24) is 10.2 Å². The van der Waals surface area contributed by atoms with Crippen LogP contribution in [-0.2, 0) is 16.0 Å². The van der Waals surface area contributed by atoms with Crippen molar-refractivity contribution in [1.29, 1.82) is 0 Å². The Hall–Kier alpha value is -3.55. The van der Waals surface area contributed by atoms with Crippen LogP contribution in [0.3, 0.4) is 0 Å². The molecule has 7 nitrogen and oxygen atoms in total. The highest BCUT2D eigenvalue weighted by Crippen LogP contribution is 2.44. The van der Waals surface area contributed by atoms with E-state index < -0.39 is 0 Å². The van der Waals surface area contributed by atoms with E-state index in [9.17, 15) is 9.59 Å². The number of hydrogen-bond donors (Lipinski definition) is 1. The number of benzene rings is 3. The first-order valence-corrected chi connectivity index (χ1v) is 15.6. The maximum atomic E-state index is 13.9. The summed E-state index contributed by atoms with van der Waals surface area (Å²) in [6, 6.07) is 20.0. The number of halogens is 1. The number of rotatable bonds is 9. The van der Waals surface area contributed by atoms with Gasteiger partial charge in [0.25, 0.3) is 0 Å². The summed E-state index contributed by atoms with van der Waals surface area (Å²) in [6.07, 6.45) is 3.19. The van der Waals surface area contributed by atoms with Gasteiger partial charge in [0, 0.05) is 36.3 Å². The quantitative estimate of drug-likeness (QED) is 0.289. The lowest BCUT2D eigenvalue weighted by atomic mass is 9.86. The monoisotopic (exact) mass is 603 g/mol. The van der Waals surface area contributed by atoms with Crippen molar-refractivity contribution in [2.24, 2.45) is 0 Å². The van der Waals surface area contributed by atoms with Gasteiger partial charge in [-0.15, -0.1) is 0 Å². The normalized spacial score (nSPS) is 20.2. The van der Waals surface area contributed by atoms with Gasteiger partial charge >= 0.3 is 0 Å². The standard InChI is InChI=1S/C35H42ClN3O4/c1-6-22(2)43-33-20-31-27(18-32(33)42-5)19-34(41)39(35(31)26-9-13-28(36)14-10-26)30-15-11-25(12-16-30)23(3)38-17-7-8-29(21-38)37-24(4)40/h9-16,18,20,22-23,29,35H,6-8,17,19,21H2,1-5H3,(H,37,40)/t22-,23?,29?,35+/m1/s1. The lowest BCUT2D eigenvalue weighted by Gasteiger charge is -2.39. The molecule has 0 spiro atoms. The molecule has 3 aromatic rings. The third-order valence-electron chi connectivity index (χ3n) is 8.74. The fourth-order valence-corrected chi connectivity index (χ4v) is 6.39. The largest absolute Gasteiger partial charge is 0.493 e. The number of piperidine rings is 1. The molecule has 8 heteroatoms. The summed E-state index contributed by atoms with van der Waals surface area (Å²) in [5.74, 6) is 1.34. The number of nitrogens with one attached hydrogen (secondary N) is 1. The Kier molecular flexibility index (Phi) is 9.62. The van der Waals surface area contributed by atoms with Gasteiger partial charge in [-0.2, -0.15) is 0 Å². The number of amides is 2. The van der Waals surface area contributed by atoms with Crippen LogP contribution in [0.25, 0.3) is 0 Å². The highest BCUT2D eigenvalue weighted by Gasteiger charge is 2.36. The average molecular weight is 604 g/mol. The van der Waals surface area contributed by atoms with E-state index in [0.29, 0.717) is 16.5 Å². The second-order valence-corrected chi connectivity index (χ2v) is 12.2. The summed E-state index contributed by atoms with van der Waals surface area (Å²) in [7, 11) is 1.63. The van der Waals surface area contributed by atoms with Crippen molar-refractivity contribution >= 4 is 29.1 Å². The summed E-state index contributed by atoms with van der Waals surface area (Å²) in [4.78, 5) is 29.8. The minimum absolute atomic E-state index is 0.0140. The molecule has 4 atom stereocenters. The van der Waals surface area contributed by atoms with Crippen LogP contribution in [0, 0.1) is 0 Å². The first kappa shape index (κ1) is 30.9. The minimum Gasteiger partial charge on any atom is -0.493 e. The van der Waals surface area contributed by atoms with E-state index in [2.05, 4.69) is 36.2 Å². The van der Waals surface area contributed by atoms with E-state index in [-0.39, 0.29) is 42.5 Å². The summed E-state index contributed by atoms with van der Waals surface area (Å²) < 4.78 is 12.0. The highest BCUT2D eigenvalue weighted by molar-refractivity contribution is 6.30. The number of methoxy groups -OCH3 is 1. The summed E-state index contributed by atoms with van der Waals surface area (Å²) in [5.41, 5.74) is 4.91. The molecule has 2 aliphatic rings. The van der Waals surface area contributed by atoms with Crippen LogP contribution in [0.15, 0.2) is 60.7 Å². The summed E-state index contributed by atoms with van der Waals surface area (Å²) in [6.45, 7) is 9.73. The topological polar surface area (TPSA) is 71.1 Å². The smallest absolute Gasteiger partial charge is 0.232 e. The van der Waals surface area contributed by atoms with Gasteiger partial charge in [-0.05, 0) is 98.3 Å². The van der Waals surface area contributed by atoms with Gasteiger partial charge in [-0.1, -0.05) is 42.8 Å². The van der Waals surface area contributed by atoms with Crippen LogP contribution in [0.1, 0.15) is 81.3 Å². The van der Waals surface area contributed by atoms with Gasteiger partial charge in [-0.3, -0.25) is 14.5 Å². The number of carbonyl (C=O) groups excluding carboxylic acids is 2. The van der Waals surface area contributed by atoms with E-state index in [0.717, 1.165) is 54.7 Å². The molecule has 1 fully saturated rings. The number of likely N-dealkylation sites (tertiary alicyclic amines) is 1. The molecule has 1 saturated heterocycles. The second kappa shape index (κ2) is 13.4. The molecule has 2 unspecified atom stereocenters. The molecule has 43 heavy (non-hydrogen) atoms. The van der Waals surface area contributed by atoms with E-state index in [1.54, 1.807) is 14.0 Å². The fourth-order valence-electron chi connectivity index (χ4n) is 6.26. The van der Waals surface area contributed by atoms with Crippen molar-refractivity contribution in [2.45, 2.75) is 77.6 Å².